The van der Waals surface area contributed by atoms with Crippen LogP contribution in [0.15, 0.2) is 36.5 Å². The molecule has 0 atom stereocenters. The van der Waals surface area contributed by atoms with Crippen LogP contribution in [-0.4, -0.2) is 11.5 Å². The first-order chi connectivity index (χ1) is 8.70. The summed E-state index contributed by atoms with van der Waals surface area (Å²) in [4.78, 5) is 4.08. The van der Waals surface area contributed by atoms with Crippen LogP contribution in [0.3, 0.4) is 0 Å². The summed E-state index contributed by atoms with van der Waals surface area (Å²) in [6.07, 6.45) is 2.41. The molecule has 0 unspecified atom stereocenters. The number of halogens is 2. The second kappa shape index (κ2) is 5.80. The molecule has 0 aliphatic heterocycles. The molecule has 0 radical (unpaired) electrons. The third kappa shape index (κ3) is 2.97. The van der Waals surface area contributed by atoms with Gasteiger partial charge in [0, 0.05) is 12.3 Å². The minimum absolute atomic E-state index is 0.0206. The van der Waals surface area contributed by atoms with Crippen LogP contribution < -0.4 is 10.5 Å². The first-order valence-corrected chi connectivity index (χ1v) is 5.85. The maximum absolute atomic E-state index is 13.6. The van der Waals surface area contributed by atoms with Crippen LogP contribution in [0.1, 0.15) is 5.56 Å². The lowest BCUT2D eigenvalue weighted by Crippen LogP contribution is -2.03. The summed E-state index contributed by atoms with van der Waals surface area (Å²) in [6, 6.07) is 8.09. The molecule has 2 aromatic rings. The van der Waals surface area contributed by atoms with E-state index in [9.17, 15) is 4.39 Å². The third-order valence-corrected chi connectivity index (χ3v) is 2.65. The number of hydrogen-bond donors (Lipinski definition) is 1. The molecule has 2 N–H and O–H groups in total. The zero-order valence-electron chi connectivity index (χ0n) is 9.57. The SMILES string of the molecule is NCCc1ccc(Oc2cccc(Cl)c2F)nc1. The van der Waals surface area contributed by atoms with Crippen molar-refractivity contribution in [2.75, 3.05) is 6.54 Å². The summed E-state index contributed by atoms with van der Waals surface area (Å²) in [6.45, 7) is 0.560. The van der Waals surface area contributed by atoms with Crippen molar-refractivity contribution in [2.24, 2.45) is 5.73 Å². The number of nitrogens with zero attached hydrogens (tertiary/aromatic N) is 1. The van der Waals surface area contributed by atoms with E-state index in [0.717, 1.165) is 12.0 Å². The van der Waals surface area contributed by atoms with Gasteiger partial charge in [-0.3, -0.25) is 0 Å². The summed E-state index contributed by atoms with van der Waals surface area (Å²) in [5, 5.41) is 0.0206. The monoisotopic (exact) mass is 266 g/mol. The molecule has 2 rings (SSSR count). The molecule has 1 aromatic carbocycles. The lowest BCUT2D eigenvalue weighted by Gasteiger charge is -2.07. The van der Waals surface area contributed by atoms with Crippen LogP contribution in [0.5, 0.6) is 11.6 Å². The van der Waals surface area contributed by atoms with Gasteiger partial charge in [-0.2, -0.15) is 0 Å². The van der Waals surface area contributed by atoms with Gasteiger partial charge in [-0.05, 0) is 30.7 Å². The molecular weight excluding hydrogens is 255 g/mol. The number of hydrogen-bond acceptors (Lipinski definition) is 3. The topological polar surface area (TPSA) is 48.1 Å². The third-order valence-electron chi connectivity index (χ3n) is 2.36. The van der Waals surface area contributed by atoms with Crippen LogP contribution in [0, 0.1) is 5.82 Å². The zero-order valence-corrected chi connectivity index (χ0v) is 10.3. The molecule has 0 spiro atoms. The van der Waals surface area contributed by atoms with Gasteiger partial charge in [0.25, 0.3) is 0 Å². The lowest BCUT2D eigenvalue weighted by molar-refractivity contribution is 0.427. The van der Waals surface area contributed by atoms with Crippen LogP contribution in [0.25, 0.3) is 0 Å². The Morgan fingerprint density at radius 3 is 2.78 bits per heavy atom. The molecular formula is C13H12ClFN2O. The van der Waals surface area contributed by atoms with E-state index in [1.54, 1.807) is 18.3 Å². The smallest absolute Gasteiger partial charge is 0.219 e. The van der Waals surface area contributed by atoms with Crippen LogP contribution in [-0.2, 0) is 6.42 Å². The quantitative estimate of drug-likeness (QED) is 0.925. The molecule has 0 saturated carbocycles. The molecule has 0 aliphatic rings. The predicted molar refractivity (Wildman–Crippen MR) is 68.5 cm³/mol. The van der Waals surface area contributed by atoms with Gasteiger partial charge in [0.2, 0.25) is 5.88 Å². The Hall–Kier alpha value is -1.65. The summed E-state index contributed by atoms with van der Waals surface area (Å²) >= 11 is 5.66. The minimum Gasteiger partial charge on any atom is -0.436 e. The highest BCUT2D eigenvalue weighted by atomic mass is 35.5. The van der Waals surface area contributed by atoms with Crippen molar-refractivity contribution in [3.05, 3.63) is 52.9 Å². The summed E-state index contributed by atoms with van der Waals surface area (Å²) in [5.74, 6) is -0.217. The highest BCUT2D eigenvalue weighted by molar-refractivity contribution is 6.30. The maximum atomic E-state index is 13.6. The maximum Gasteiger partial charge on any atom is 0.219 e. The molecule has 94 valence electrons. The lowest BCUT2D eigenvalue weighted by atomic mass is 10.2. The van der Waals surface area contributed by atoms with Crippen LogP contribution in [0.4, 0.5) is 4.39 Å². The second-order valence-corrected chi connectivity index (χ2v) is 4.10. The average Bonchev–Trinajstić information content (AvgIpc) is 2.38. The zero-order chi connectivity index (χ0) is 13.0. The van der Waals surface area contributed by atoms with Crippen LogP contribution >= 0.6 is 11.6 Å². The Balaban J connectivity index is 2.16. The number of benzene rings is 1. The number of pyridine rings is 1. The fraction of sp³-hybridized carbons (Fsp3) is 0.154. The molecule has 1 aromatic heterocycles. The Kier molecular flexibility index (Phi) is 4.12. The minimum atomic E-state index is -0.591. The van der Waals surface area contributed by atoms with E-state index in [4.69, 9.17) is 22.1 Å². The average molecular weight is 267 g/mol. The van der Waals surface area contributed by atoms with E-state index in [2.05, 4.69) is 4.98 Å². The normalized spacial score (nSPS) is 10.4. The molecule has 1 heterocycles. The first kappa shape index (κ1) is 12.8. The van der Waals surface area contributed by atoms with Gasteiger partial charge in [-0.1, -0.05) is 23.7 Å². The van der Waals surface area contributed by atoms with E-state index in [-0.39, 0.29) is 10.8 Å². The molecule has 18 heavy (non-hydrogen) atoms. The number of nitrogens with two attached hydrogens (primary N) is 1. The number of ether oxygens (including phenoxy) is 1. The summed E-state index contributed by atoms with van der Waals surface area (Å²) in [7, 11) is 0. The molecule has 0 fully saturated rings. The van der Waals surface area contributed by atoms with E-state index in [1.165, 1.54) is 12.1 Å². The van der Waals surface area contributed by atoms with Crippen molar-refractivity contribution in [3.63, 3.8) is 0 Å². The van der Waals surface area contributed by atoms with E-state index in [1.807, 2.05) is 6.07 Å². The van der Waals surface area contributed by atoms with Crippen molar-refractivity contribution in [3.8, 4) is 11.6 Å². The largest absolute Gasteiger partial charge is 0.436 e. The fourth-order valence-electron chi connectivity index (χ4n) is 1.46. The van der Waals surface area contributed by atoms with Gasteiger partial charge in [-0.25, -0.2) is 9.37 Å². The van der Waals surface area contributed by atoms with Crippen LogP contribution in [0.2, 0.25) is 5.02 Å². The Bertz CT molecular complexity index is 531. The Morgan fingerprint density at radius 1 is 1.28 bits per heavy atom. The Labute approximate surface area is 109 Å². The number of aromatic nitrogens is 1. The first-order valence-electron chi connectivity index (χ1n) is 5.47. The van der Waals surface area contributed by atoms with Crippen molar-refractivity contribution >= 4 is 11.6 Å². The Morgan fingerprint density at radius 2 is 2.11 bits per heavy atom. The van der Waals surface area contributed by atoms with Gasteiger partial charge < -0.3 is 10.5 Å². The van der Waals surface area contributed by atoms with Gasteiger partial charge in [0.1, 0.15) is 0 Å². The van der Waals surface area contributed by atoms with E-state index < -0.39 is 5.82 Å². The van der Waals surface area contributed by atoms with Crippen molar-refractivity contribution in [2.45, 2.75) is 6.42 Å². The van der Waals surface area contributed by atoms with Gasteiger partial charge in [-0.15, -0.1) is 0 Å². The van der Waals surface area contributed by atoms with E-state index >= 15 is 0 Å². The highest BCUT2D eigenvalue weighted by Gasteiger charge is 2.08. The molecule has 0 aliphatic carbocycles. The highest BCUT2D eigenvalue weighted by Crippen LogP contribution is 2.27. The van der Waals surface area contributed by atoms with Crippen molar-refractivity contribution in [1.29, 1.82) is 0 Å². The molecule has 3 nitrogen and oxygen atoms in total. The van der Waals surface area contributed by atoms with Crippen molar-refractivity contribution in [1.82, 2.24) is 4.98 Å². The standard InChI is InChI=1S/C13H12ClFN2O/c14-10-2-1-3-11(13(10)15)18-12-5-4-9(6-7-16)8-17-12/h1-5,8H,6-7,16H2. The molecule has 0 bridgehead atoms. The summed E-state index contributed by atoms with van der Waals surface area (Å²) < 4.78 is 18.9. The second-order valence-electron chi connectivity index (χ2n) is 3.70. The number of rotatable bonds is 4. The van der Waals surface area contributed by atoms with Gasteiger partial charge in [0.15, 0.2) is 11.6 Å². The fourth-order valence-corrected chi connectivity index (χ4v) is 1.63. The molecule has 0 amide bonds. The molecule has 5 heteroatoms. The molecule has 0 saturated heterocycles. The predicted octanol–water partition coefficient (Wildman–Crippen LogP) is 3.17. The van der Waals surface area contributed by atoms with Gasteiger partial charge in [0.05, 0.1) is 5.02 Å². The summed E-state index contributed by atoms with van der Waals surface area (Å²) in [5.41, 5.74) is 6.45. The van der Waals surface area contributed by atoms with E-state index in [0.29, 0.717) is 12.4 Å². The van der Waals surface area contributed by atoms with Gasteiger partial charge >= 0.3 is 0 Å². The van der Waals surface area contributed by atoms with Crippen molar-refractivity contribution < 1.29 is 9.13 Å².